The Morgan fingerprint density at radius 3 is 2.89 bits per heavy atom. The number of ether oxygens (including phenoxy) is 1. The number of aromatic nitrogens is 1. The van der Waals surface area contributed by atoms with Gasteiger partial charge in [-0.1, -0.05) is 17.8 Å². The number of carbonyl (C=O) groups is 1. The highest BCUT2D eigenvalue weighted by molar-refractivity contribution is 8.14. The smallest absolute Gasteiger partial charge is 0.270 e. The Morgan fingerprint density at radius 1 is 1.30 bits per heavy atom. The summed E-state index contributed by atoms with van der Waals surface area (Å²) in [5.74, 6) is 1.52. The van der Waals surface area contributed by atoms with E-state index in [9.17, 15) is 4.79 Å². The van der Waals surface area contributed by atoms with E-state index < -0.39 is 0 Å². The molecule has 2 aliphatic rings. The minimum Gasteiger partial charge on any atom is -0.497 e. The maximum absolute atomic E-state index is 12.5. The quantitative estimate of drug-likeness (QED) is 0.850. The van der Waals surface area contributed by atoms with Crippen LogP contribution in [0, 0.1) is 0 Å². The van der Waals surface area contributed by atoms with Gasteiger partial charge in [0, 0.05) is 36.7 Å². The summed E-state index contributed by atoms with van der Waals surface area (Å²) in [5.41, 5.74) is 6.25. The Bertz CT molecular complexity index is 899. The van der Waals surface area contributed by atoms with Crippen molar-refractivity contribution in [1.29, 1.82) is 0 Å². The van der Waals surface area contributed by atoms with Gasteiger partial charge in [-0.25, -0.2) is 4.99 Å². The molecule has 0 aliphatic carbocycles. The molecule has 3 heterocycles. The molecule has 140 valence electrons. The second-order valence-corrected chi connectivity index (χ2v) is 7.34. The molecule has 0 spiro atoms. The highest BCUT2D eigenvalue weighted by Crippen LogP contribution is 2.23. The van der Waals surface area contributed by atoms with Crippen LogP contribution in [0.1, 0.15) is 28.9 Å². The monoisotopic (exact) mass is 383 g/mol. The summed E-state index contributed by atoms with van der Waals surface area (Å²) >= 11 is 1.58. The van der Waals surface area contributed by atoms with Crippen LogP contribution in [0.2, 0.25) is 0 Å². The summed E-state index contributed by atoms with van der Waals surface area (Å²) < 4.78 is 5.22. The van der Waals surface area contributed by atoms with Gasteiger partial charge in [0.05, 0.1) is 18.5 Å². The number of H-pyrrole nitrogens is 1. The molecule has 1 aromatic carbocycles. The van der Waals surface area contributed by atoms with Crippen molar-refractivity contribution in [2.24, 2.45) is 10.1 Å². The highest BCUT2D eigenvalue weighted by Gasteiger charge is 2.22. The molecule has 1 fully saturated rings. The normalized spacial score (nSPS) is 18.3. The summed E-state index contributed by atoms with van der Waals surface area (Å²) in [6, 6.07) is 9.45. The van der Waals surface area contributed by atoms with Crippen molar-refractivity contribution >= 4 is 34.2 Å². The number of nitrogens with one attached hydrogen (secondary N) is 2. The summed E-state index contributed by atoms with van der Waals surface area (Å²) in [7, 11) is 1.63. The van der Waals surface area contributed by atoms with Crippen LogP contribution in [-0.2, 0) is 0 Å². The van der Waals surface area contributed by atoms with Crippen LogP contribution in [0.5, 0.6) is 5.75 Å². The molecular formula is C19H21N5O2S. The number of hydrazone groups is 1. The van der Waals surface area contributed by atoms with Crippen molar-refractivity contribution in [1.82, 2.24) is 15.3 Å². The van der Waals surface area contributed by atoms with Crippen molar-refractivity contribution < 1.29 is 9.53 Å². The Balaban J connectivity index is 1.44. The molecule has 7 nitrogen and oxygen atoms in total. The average Bonchev–Trinajstić information content (AvgIpc) is 3.40. The lowest BCUT2D eigenvalue weighted by Gasteiger charge is -2.14. The predicted molar refractivity (Wildman–Crippen MR) is 108 cm³/mol. The van der Waals surface area contributed by atoms with Crippen molar-refractivity contribution in [3.63, 3.8) is 0 Å². The molecule has 2 aliphatic heterocycles. The van der Waals surface area contributed by atoms with Crippen LogP contribution in [0.15, 0.2) is 46.6 Å². The molecule has 2 aromatic rings. The van der Waals surface area contributed by atoms with Gasteiger partial charge in [0.2, 0.25) is 0 Å². The number of hydrogen-bond donors (Lipinski definition) is 2. The van der Waals surface area contributed by atoms with E-state index in [4.69, 9.17) is 4.74 Å². The Hall–Kier alpha value is -2.74. The van der Waals surface area contributed by atoms with Gasteiger partial charge < -0.3 is 14.6 Å². The highest BCUT2D eigenvalue weighted by atomic mass is 32.2. The number of aromatic amines is 1. The number of likely N-dealkylation sites (tertiary alicyclic amines) is 1. The van der Waals surface area contributed by atoms with Gasteiger partial charge in [-0.15, -0.1) is 0 Å². The summed E-state index contributed by atoms with van der Waals surface area (Å²) in [4.78, 5) is 22.0. The number of amides is 1. The molecule has 1 aromatic heterocycles. The topological polar surface area (TPSA) is 82.1 Å². The van der Waals surface area contributed by atoms with Gasteiger partial charge in [-0.05, 0) is 31.0 Å². The van der Waals surface area contributed by atoms with Gasteiger partial charge in [-0.2, -0.15) is 5.10 Å². The largest absolute Gasteiger partial charge is 0.497 e. The van der Waals surface area contributed by atoms with Gasteiger partial charge in [-0.3, -0.25) is 10.2 Å². The van der Waals surface area contributed by atoms with Gasteiger partial charge in [0.15, 0.2) is 5.17 Å². The SMILES string of the molecule is COc1cccc(N=C2NN=C(c3c[nH]c(C(=O)N4CCCC4)c3)CS2)c1. The van der Waals surface area contributed by atoms with Crippen LogP contribution >= 0.6 is 11.8 Å². The molecule has 0 atom stereocenters. The Labute approximate surface area is 161 Å². The lowest BCUT2D eigenvalue weighted by atomic mass is 10.2. The van der Waals surface area contributed by atoms with E-state index in [1.807, 2.05) is 41.4 Å². The number of aliphatic imine (C=N–C) groups is 1. The number of amidine groups is 1. The predicted octanol–water partition coefficient (Wildman–Crippen LogP) is 2.99. The second kappa shape index (κ2) is 7.87. The van der Waals surface area contributed by atoms with E-state index in [0.29, 0.717) is 11.4 Å². The maximum Gasteiger partial charge on any atom is 0.270 e. The lowest BCUT2D eigenvalue weighted by molar-refractivity contribution is 0.0787. The number of hydrogen-bond acceptors (Lipinski definition) is 5. The minimum atomic E-state index is 0.0658. The van der Waals surface area contributed by atoms with Crippen molar-refractivity contribution in [3.8, 4) is 5.75 Å². The first-order valence-electron chi connectivity index (χ1n) is 8.89. The zero-order valence-corrected chi connectivity index (χ0v) is 15.9. The summed E-state index contributed by atoms with van der Waals surface area (Å²) in [5, 5.41) is 5.16. The molecule has 1 saturated heterocycles. The Kier molecular flexibility index (Phi) is 5.15. The van der Waals surface area contributed by atoms with E-state index in [1.165, 1.54) is 0 Å². The van der Waals surface area contributed by atoms with E-state index in [-0.39, 0.29) is 5.91 Å². The third-order valence-electron chi connectivity index (χ3n) is 4.56. The van der Waals surface area contributed by atoms with Crippen LogP contribution < -0.4 is 10.2 Å². The fourth-order valence-corrected chi connectivity index (χ4v) is 3.88. The van der Waals surface area contributed by atoms with Crippen LogP contribution in [-0.4, -0.2) is 52.6 Å². The molecular weight excluding hydrogens is 362 g/mol. The van der Waals surface area contributed by atoms with E-state index >= 15 is 0 Å². The van der Waals surface area contributed by atoms with Gasteiger partial charge >= 0.3 is 0 Å². The molecule has 2 N–H and O–H groups in total. The van der Waals surface area contributed by atoms with Crippen molar-refractivity contribution in [2.45, 2.75) is 12.8 Å². The molecule has 0 unspecified atom stereocenters. The lowest BCUT2D eigenvalue weighted by Crippen LogP contribution is -2.27. The van der Waals surface area contributed by atoms with Crippen LogP contribution in [0.3, 0.4) is 0 Å². The second-order valence-electron chi connectivity index (χ2n) is 6.38. The average molecular weight is 383 g/mol. The van der Waals surface area contributed by atoms with E-state index in [1.54, 1.807) is 18.9 Å². The molecule has 4 rings (SSSR count). The minimum absolute atomic E-state index is 0.0658. The molecule has 1 amide bonds. The first-order valence-corrected chi connectivity index (χ1v) is 9.88. The number of carbonyl (C=O) groups excluding carboxylic acids is 1. The number of rotatable bonds is 4. The standard InChI is InChI=1S/C19H21N5O2S/c1-26-15-6-4-5-14(10-15)21-19-23-22-17(12-27-19)13-9-16(20-11-13)18(25)24-7-2-3-8-24/h4-6,9-11,20H,2-3,7-8,12H2,1H3,(H,21,23). The first-order chi connectivity index (χ1) is 13.2. The summed E-state index contributed by atoms with van der Waals surface area (Å²) in [6.07, 6.45) is 4.01. The molecule has 8 heteroatoms. The van der Waals surface area contributed by atoms with E-state index in [2.05, 4.69) is 20.5 Å². The molecule has 0 saturated carbocycles. The molecule has 0 bridgehead atoms. The Morgan fingerprint density at radius 2 is 2.15 bits per heavy atom. The van der Waals surface area contributed by atoms with Gasteiger partial charge in [0.25, 0.3) is 5.91 Å². The third kappa shape index (κ3) is 4.00. The fraction of sp³-hybridized carbons (Fsp3) is 0.316. The summed E-state index contributed by atoms with van der Waals surface area (Å²) in [6.45, 7) is 1.69. The maximum atomic E-state index is 12.5. The van der Waals surface area contributed by atoms with Crippen molar-refractivity contribution in [3.05, 3.63) is 47.8 Å². The number of benzene rings is 1. The van der Waals surface area contributed by atoms with Gasteiger partial charge in [0.1, 0.15) is 11.4 Å². The zero-order chi connectivity index (χ0) is 18.6. The van der Waals surface area contributed by atoms with Crippen LogP contribution in [0.4, 0.5) is 5.69 Å². The number of methoxy groups -OCH3 is 1. The fourth-order valence-electron chi connectivity index (χ4n) is 3.09. The molecule has 0 radical (unpaired) electrons. The number of nitrogens with zero attached hydrogens (tertiary/aromatic N) is 3. The van der Waals surface area contributed by atoms with Crippen molar-refractivity contribution in [2.75, 3.05) is 26.0 Å². The van der Waals surface area contributed by atoms with E-state index in [0.717, 1.165) is 53.8 Å². The third-order valence-corrected chi connectivity index (χ3v) is 5.43. The first kappa shape index (κ1) is 17.7. The molecule has 27 heavy (non-hydrogen) atoms. The number of thioether (sulfide) groups is 1. The zero-order valence-electron chi connectivity index (χ0n) is 15.1. The van der Waals surface area contributed by atoms with Crippen LogP contribution in [0.25, 0.3) is 0 Å².